The summed E-state index contributed by atoms with van der Waals surface area (Å²) in [6.45, 7) is 5.06. The second-order valence-electron chi connectivity index (χ2n) is 8.17. The number of benzene rings is 1. The lowest BCUT2D eigenvalue weighted by Crippen LogP contribution is -2.59. The van der Waals surface area contributed by atoms with E-state index in [1.54, 1.807) is 7.11 Å². The summed E-state index contributed by atoms with van der Waals surface area (Å²) in [6.07, 6.45) is 5.59. The second-order valence-corrected chi connectivity index (χ2v) is 8.17. The van der Waals surface area contributed by atoms with Gasteiger partial charge in [0.15, 0.2) is 0 Å². The molecule has 124 valence electrons. The molecule has 3 saturated heterocycles. The number of rotatable bonds is 2. The quantitative estimate of drug-likeness (QED) is 0.901. The number of hydrogen-bond donors (Lipinski definition) is 1. The van der Waals surface area contributed by atoms with Crippen LogP contribution in [0.3, 0.4) is 0 Å². The zero-order valence-corrected chi connectivity index (χ0v) is 14.3. The molecule has 5 aliphatic rings. The van der Waals surface area contributed by atoms with Gasteiger partial charge in [-0.1, -0.05) is 19.4 Å². The van der Waals surface area contributed by atoms with Gasteiger partial charge in [0.2, 0.25) is 0 Å². The van der Waals surface area contributed by atoms with Gasteiger partial charge in [0.1, 0.15) is 5.75 Å². The lowest BCUT2D eigenvalue weighted by molar-refractivity contribution is -0.0383. The molecule has 0 aromatic heterocycles. The predicted octanol–water partition coefficient (Wildman–Crippen LogP) is 3.71. The highest BCUT2D eigenvalue weighted by Gasteiger charge is 2.53. The van der Waals surface area contributed by atoms with Gasteiger partial charge >= 0.3 is 0 Å². The zero-order chi connectivity index (χ0) is 15.6. The van der Waals surface area contributed by atoms with Crippen molar-refractivity contribution in [1.82, 2.24) is 4.90 Å². The molecule has 1 aromatic carbocycles. The lowest BCUT2D eigenvalue weighted by atomic mass is 9.63. The van der Waals surface area contributed by atoms with Crippen LogP contribution < -0.4 is 10.1 Å². The van der Waals surface area contributed by atoms with Crippen LogP contribution in [0.5, 0.6) is 5.75 Å². The summed E-state index contributed by atoms with van der Waals surface area (Å²) in [4.78, 5) is 2.86. The van der Waals surface area contributed by atoms with Crippen molar-refractivity contribution in [2.24, 2.45) is 17.8 Å². The van der Waals surface area contributed by atoms with E-state index in [1.165, 1.54) is 50.0 Å². The fourth-order valence-electron chi connectivity index (χ4n) is 6.35. The minimum atomic E-state index is 0.643. The van der Waals surface area contributed by atoms with Gasteiger partial charge in [0, 0.05) is 36.3 Å². The van der Waals surface area contributed by atoms with Crippen molar-refractivity contribution in [2.45, 2.75) is 50.6 Å². The van der Waals surface area contributed by atoms with Crippen LogP contribution in [0.1, 0.15) is 44.1 Å². The van der Waals surface area contributed by atoms with E-state index in [0.717, 1.165) is 29.5 Å². The highest BCUT2D eigenvalue weighted by atomic mass is 16.5. The van der Waals surface area contributed by atoms with E-state index < -0.39 is 0 Å². The summed E-state index contributed by atoms with van der Waals surface area (Å²) in [5, 5.41) is 3.93. The first kappa shape index (κ1) is 14.2. The van der Waals surface area contributed by atoms with Crippen molar-refractivity contribution in [3.63, 3.8) is 0 Å². The van der Waals surface area contributed by atoms with Crippen LogP contribution in [-0.4, -0.2) is 37.2 Å². The number of nitrogens with zero attached hydrogens (tertiary/aromatic N) is 1. The Morgan fingerprint density at radius 2 is 2.22 bits per heavy atom. The fraction of sp³-hybridized carbons (Fsp3) is 0.700. The number of ether oxygens (including phenoxy) is 1. The average molecular weight is 312 g/mol. The van der Waals surface area contributed by atoms with Crippen LogP contribution in [0.25, 0.3) is 0 Å². The van der Waals surface area contributed by atoms with E-state index in [4.69, 9.17) is 4.74 Å². The van der Waals surface area contributed by atoms with Crippen LogP contribution in [0.15, 0.2) is 18.2 Å². The largest absolute Gasteiger partial charge is 0.497 e. The average Bonchev–Trinajstić information content (AvgIpc) is 2.92. The molecule has 3 nitrogen and oxygen atoms in total. The number of anilines is 1. The molecule has 4 bridgehead atoms. The molecule has 0 spiro atoms. The molecule has 3 heteroatoms. The smallest absolute Gasteiger partial charge is 0.120 e. The molecule has 4 heterocycles. The standard InChI is InChI=1S/C20H28N2O/c1-3-13-8-12-9-17-19-16(6-7-22(11-12)20(13)17)15-5-4-14(23-2)10-18(15)21-19/h4-5,10,12-13,16-17,19-21H,3,6-9,11H2,1-2H3/t12-,13+,16?,17+,19?,20+/m1/s1. The highest BCUT2D eigenvalue weighted by Crippen LogP contribution is 2.53. The maximum atomic E-state index is 5.43. The minimum absolute atomic E-state index is 0.643. The molecule has 3 unspecified atom stereocenters. The Morgan fingerprint density at radius 1 is 1.30 bits per heavy atom. The first-order valence-electron chi connectivity index (χ1n) is 9.47. The monoisotopic (exact) mass is 312 g/mol. The maximum absolute atomic E-state index is 5.43. The summed E-state index contributed by atoms with van der Waals surface area (Å²) >= 11 is 0. The Hall–Kier alpha value is -1.22. The van der Waals surface area contributed by atoms with Crippen LogP contribution >= 0.6 is 0 Å². The minimum Gasteiger partial charge on any atom is -0.497 e. The van der Waals surface area contributed by atoms with Crippen molar-refractivity contribution >= 4 is 5.69 Å². The molecule has 4 fully saturated rings. The fourth-order valence-corrected chi connectivity index (χ4v) is 6.35. The van der Waals surface area contributed by atoms with Crippen molar-refractivity contribution in [3.05, 3.63) is 23.8 Å². The van der Waals surface area contributed by atoms with Crippen LogP contribution in [0.2, 0.25) is 0 Å². The highest BCUT2D eigenvalue weighted by molar-refractivity contribution is 5.62. The van der Waals surface area contributed by atoms with Gasteiger partial charge < -0.3 is 10.1 Å². The SMILES string of the molecule is CC[C@H]1C[C@@H]2C[C@H]3C4Nc5cc(OC)ccc5C4CCN(C2)[C@@H]13. The summed E-state index contributed by atoms with van der Waals surface area (Å²) < 4.78 is 5.43. The van der Waals surface area contributed by atoms with Crippen LogP contribution in [-0.2, 0) is 0 Å². The Kier molecular flexibility index (Phi) is 3.16. The first-order chi connectivity index (χ1) is 11.3. The molecule has 1 aliphatic carbocycles. The van der Waals surface area contributed by atoms with Gasteiger partial charge in [-0.3, -0.25) is 4.90 Å². The van der Waals surface area contributed by atoms with Gasteiger partial charge in [0.25, 0.3) is 0 Å². The molecule has 0 amide bonds. The van der Waals surface area contributed by atoms with Gasteiger partial charge in [-0.05, 0) is 55.2 Å². The third-order valence-electron chi connectivity index (χ3n) is 7.21. The molecule has 1 saturated carbocycles. The van der Waals surface area contributed by atoms with E-state index in [2.05, 4.69) is 35.3 Å². The Bertz CT molecular complexity index is 616. The molecular formula is C20H28N2O. The third kappa shape index (κ3) is 1.98. The molecule has 4 aliphatic heterocycles. The number of fused-ring (bicyclic) bond motifs is 4. The molecule has 6 rings (SSSR count). The van der Waals surface area contributed by atoms with E-state index in [0.29, 0.717) is 12.0 Å². The van der Waals surface area contributed by atoms with Crippen molar-refractivity contribution in [2.75, 3.05) is 25.5 Å². The van der Waals surface area contributed by atoms with Crippen LogP contribution in [0, 0.1) is 17.8 Å². The Balaban J connectivity index is 1.52. The van der Waals surface area contributed by atoms with Gasteiger partial charge in [-0.2, -0.15) is 0 Å². The second kappa shape index (κ2) is 5.14. The van der Waals surface area contributed by atoms with Gasteiger partial charge in [-0.25, -0.2) is 0 Å². The van der Waals surface area contributed by atoms with E-state index in [1.807, 2.05) is 0 Å². The molecule has 0 radical (unpaired) electrons. The zero-order valence-electron chi connectivity index (χ0n) is 14.3. The van der Waals surface area contributed by atoms with Gasteiger partial charge in [0.05, 0.1) is 7.11 Å². The topological polar surface area (TPSA) is 24.5 Å². The molecule has 23 heavy (non-hydrogen) atoms. The molecule has 1 N–H and O–H groups in total. The van der Waals surface area contributed by atoms with Crippen LogP contribution in [0.4, 0.5) is 5.69 Å². The summed E-state index contributed by atoms with van der Waals surface area (Å²) in [7, 11) is 1.76. The van der Waals surface area contributed by atoms with Crippen molar-refractivity contribution < 1.29 is 4.74 Å². The molecule has 1 aromatic rings. The predicted molar refractivity (Wildman–Crippen MR) is 93.1 cm³/mol. The van der Waals surface area contributed by atoms with Crippen molar-refractivity contribution in [3.8, 4) is 5.75 Å². The lowest BCUT2D eigenvalue weighted by Gasteiger charge is -2.54. The van der Waals surface area contributed by atoms with E-state index in [9.17, 15) is 0 Å². The molecular weight excluding hydrogens is 284 g/mol. The summed E-state index contributed by atoms with van der Waals surface area (Å²) in [5.74, 6) is 4.37. The number of methoxy groups -OCH3 is 1. The number of hydrogen-bond acceptors (Lipinski definition) is 3. The summed E-state index contributed by atoms with van der Waals surface area (Å²) in [5.41, 5.74) is 2.87. The number of nitrogens with one attached hydrogen (secondary N) is 1. The van der Waals surface area contributed by atoms with Crippen molar-refractivity contribution in [1.29, 1.82) is 0 Å². The molecule has 7 atom stereocenters. The third-order valence-corrected chi connectivity index (χ3v) is 7.21. The number of piperidine rings is 2. The first-order valence-corrected chi connectivity index (χ1v) is 9.47. The summed E-state index contributed by atoms with van der Waals surface area (Å²) in [6, 6.07) is 8.13. The Labute approximate surface area is 139 Å². The maximum Gasteiger partial charge on any atom is 0.120 e. The normalized spacial score (nSPS) is 43.3. The Morgan fingerprint density at radius 3 is 3.04 bits per heavy atom. The van der Waals surface area contributed by atoms with E-state index in [-0.39, 0.29) is 0 Å². The van der Waals surface area contributed by atoms with E-state index >= 15 is 0 Å². The van der Waals surface area contributed by atoms with Gasteiger partial charge in [-0.15, -0.1) is 0 Å².